The molecule has 0 unspecified atom stereocenters. The maximum atomic E-state index is 12.7. The number of rotatable bonds is 5. The zero-order valence-corrected chi connectivity index (χ0v) is 16.4. The maximum absolute atomic E-state index is 12.7. The van der Waals surface area contributed by atoms with Crippen molar-refractivity contribution >= 4 is 11.5 Å². The molecule has 0 N–H and O–H groups in total. The summed E-state index contributed by atoms with van der Waals surface area (Å²) in [7, 11) is 1.65. The van der Waals surface area contributed by atoms with Gasteiger partial charge in [0.25, 0.3) is 0 Å². The van der Waals surface area contributed by atoms with Crippen molar-refractivity contribution in [1.29, 1.82) is 0 Å². The van der Waals surface area contributed by atoms with E-state index in [2.05, 4.69) is 18.2 Å². The Balaban J connectivity index is 1.83. The second kappa shape index (κ2) is 7.19. The number of hydrogen-bond donors (Lipinski definition) is 0. The van der Waals surface area contributed by atoms with Gasteiger partial charge in [0.2, 0.25) is 0 Å². The van der Waals surface area contributed by atoms with Crippen molar-refractivity contribution in [2.45, 2.75) is 25.9 Å². The number of ether oxygens (including phenoxy) is 3. The molecule has 0 spiro atoms. The molecule has 0 amide bonds. The molecule has 0 saturated carbocycles. The van der Waals surface area contributed by atoms with Gasteiger partial charge in [-0.25, -0.2) is 4.79 Å². The molecule has 2 aromatic rings. The van der Waals surface area contributed by atoms with E-state index in [0.29, 0.717) is 24.4 Å². The number of hydrogen-bond acceptors (Lipinski definition) is 4. The minimum absolute atomic E-state index is 0.131. The monoisotopic (exact) mass is 376 g/mol. The molecule has 0 saturated heterocycles. The number of esters is 1. The van der Waals surface area contributed by atoms with Gasteiger partial charge in [-0.05, 0) is 49.6 Å². The fraction of sp³-hybridized carbons (Fsp3) is 0.292. The van der Waals surface area contributed by atoms with Crippen molar-refractivity contribution in [3.8, 4) is 5.75 Å². The zero-order chi connectivity index (χ0) is 19.7. The van der Waals surface area contributed by atoms with E-state index in [1.807, 2.05) is 56.3 Å². The second-order valence-corrected chi connectivity index (χ2v) is 7.11. The molecule has 0 fully saturated rings. The van der Waals surface area contributed by atoms with E-state index < -0.39 is 5.60 Å². The van der Waals surface area contributed by atoms with Crippen molar-refractivity contribution in [3.63, 3.8) is 0 Å². The smallest absolute Gasteiger partial charge is 0.337 e. The molecular weight excluding hydrogens is 352 g/mol. The molecule has 4 heteroatoms. The van der Waals surface area contributed by atoms with Gasteiger partial charge in [0.1, 0.15) is 11.5 Å². The summed E-state index contributed by atoms with van der Waals surface area (Å²) in [6.07, 6.45) is 2.88. The van der Waals surface area contributed by atoms with Crippen molar-refractivity contribution in [2.24, 2.45) is 5.92 Å². The number of allylic oxidation sites excluding steroid dienone is 2. The van der Waals surface area contributed by atoms with E-state index in [1.165, 1.54) is 5.57 Å². The third-order valence-corrected chi connectivity index (χ3v) is 5.54. The molecule has 2 aromatic carbocycles. The van der Waals surface area contributed by atoms with Crippen LogP contribution in [-0.4, -0.2) is 19.7 Å². The van der Waals surface area contributed by atoms with Gasteiger partial charge in [-0.15, -0.1) is 0 Å². The van der Waals surface area contributed by atoms with Gasteiger partial charge in [-0.1, -0.05) is 42.5 Å². The molecule has 144 valence electrons. The summed E-state index contributed by atoms with van der Waals surface area (Å²) in [6, 6.07) is 18.1. The standard InChI is InChI=1S/C24H24O4/c1-4-27-23(25)22-16(2)28-24(19-11-8-12-20(14-19)26-3)15-18(13-21(22)24)17-9-6-5-7-10-17/h5-12,14-15,21H,4,13H2,1-3H3/t21-,24+/m0/s1. The predicted molar refractivity (Wildman–Crippen MR) is 108 cm³/mol. The summed E-state index contributed by atoms with van der Waals surface area (Å²) in [5, 5.41) is 0. The van der Waals surface area contributed by atoms with Crippen LogP contribution in [0.5, 0.6) is 5.75 Å². The van der Waals surface area contributed by atoms with Crippen molar-refractivity contribution in [2.75, 3.05) is 13.7 Å². The highest BCUT2D eigenvalue weighted by atomic mass is 16.5. The average molecular weight is 376 g/mol. The van der Waals surface area contributed by atoms with Gasteiger partial charge in [0.05, 0.1) is 19.3 Å². The van der Waals surface area contributed by atoms with Crippen molar-refractivity contribution in [1.82, 2.24) is 0 Å². The zero-order valence-electron chi connectivity index (χ0n) is 16.4. The summed E-state index contributed by atoms with van der Waals surface area (Å²) < 4.78 is 17.2. The molecule has 2 atom stereocenters. The van der Waals surface area contributed by atoms with Crippen LogP contribution in [0.25, 0.3) is 5.57 Å². The lowest BCUT2D eigenvalue weighted by molar-refractivity contribution is -0.139. The third kappa shape index (κ3) is 2.89. The Kier molecular flexibility index (Phi) is 4.71. The Hall–Kier alpha value is -3.01. The number of carbonyl (C=O) groups excluding carboxylic acids is 1. The molecule has 1 aliphatic heterocycles. The molecule has 4 rings (SSSR count). The van der Waals surface area contributed by atoms with E-state index in [-0.39, 0.29) is 11.9 Å². The minimum atomic E-state index is -0.730. The van der Waals surface area contributed by atoms with E-state index in [0.717, 1.165) is 16.9 Å². The van der Waals surface area contributed by atoms with Crippen molar-refractivity contribution in [3.05, 3.63) is 83.1 Å². The molecule has 28 heavy (non-hydrogen) atoms. The molecular formula is C24H24O4. The Morgan fingerprint density at radius 1 is 1.18 bits per heavy atom. The molecule has 1 aliphatic carbocycles. The van der Waals surface area contributed by atoms with E-state index >= 15 is 0 Å². The summed E-state index contributed by atoms with van der Waals surface area (Å²) in [5.41, 5.74) is 3.19. The Labute approximate surface area is 165 Å². The predicted octanol–water partition coefficient (Wildman–Crippen LogP) is 4.86. The first-order valence-corrected chi connectivity index (χ1v) is 9.57. The number of methoxy groups -OCH3 is 1. The Morgan fingerprint density at radius 3 is 2.68 bits per heavy atom. The van der Waals surface area contributed by atoms with Crippen LogP contribution in [0, 0.1) is 5.92 Å². The first kappa shape index (κ1) is 18.4. The first-order valence-electron chi connectivity index (χ1n) is 9.57. The lowest BCUT2D eigenvalue weighted by Crippen LogP contribution is -2.30. The molecule has 2 aliphatic rings. The van der Waals surface area contributed by atoms with Gasteiger partial charge < -0.3 is 14.2 Å². The highest BCUT2D eigenvalue weighted by Gasteiger charge is 2.55. The molecule has 0 bridgehead atoms. The third-order valence-electron chi connectivity index (χ3n) is 5.54. The quantitative estimate of drug-likeness (QED) is 0.699. The number of carbonyl (C=O) groups is 1. The lowest BCUT2D eigenvalue weighted by Gasteiger charge is -2.29. The summed E-state index contributed by atoms with van der Waals surface area (Å²) in [6.45, 7) is 4.01. The normalized spacial score (nSPS) is 23.1. The van der Waals surface area contributed by atoms with Gasteiger partial charge in [0, 0.05) is 11.5 Å². The fourth-order valence-corrected chi connectivity index (χ4v) is 4.32. The van der Waals surface area contributed by atoms with Crippen LogP contribution in [0.2, 0.25) is 0 Å². The molecule has 0 aromatic heterocycles. The second-order valence-electron chi connectivity index (χ2n) is 7.11. The average Bonchev–Trinajstić information content (AvgIpc) is 3.21. The Bertz CT molecular complexity index is 958. The minimum Gasteiger partial charge on any atom is -0.497 e. The highest BCUT2D eigenvalue weighted by Crippen LogP contribution is 2.56. The topological polar surface area (TPSA) is 44.8 Å². The van der Waals surface area contributed by atoms with Crippen LogP contribution >= 0.6 is 0 Å². The van der Waals surface area contributed by atoms with E-state index in [4.69, 9.17) is 14.2 Å². The van der Waals surface area contributed by atoms with Gasteiger partial charge in [-0.3, -0.25) is 0 Å². The van der Waals surface area contributed by atoms with E-state index in [9.17, 15) is 4.79 Å². The van der Waals surface area contributed by atoms with Gasteiger partial charge >= 0.3 is 5.97 Å². The molecule has 1 heterocycles. The molecule has 0 radical (unpaired) electrons. The summed E-state index contributed by atoms with van der Waals surface area (Å²) >= 11 is 0. The van der Waals surface area contributed by atoms with Crippen LogP contribution in [0.4, 0.5) is 0 Å². The fourth-order valence-electron chi connectivity index (χ4n) is 4.32. The number of benzene rings is 2. The SMILES string of the molecule is CCOC(=O)C1=C(C)O[C@@]2(c3cccc(OC)c3)C=C(c3ccccc3)C[C@@H]12. The largest absolute Gasteiger partial charge is 0.497 e. The van der Waals surface area contributed by atoms with Crippen LogP contribution < -0.4 is 4.74 Å². The van der Waals surface area contributed by atoms with Crippen LogP contribution in [0.15, 0.2) is 72.0 Å². The number of fused-ring (bicyclic) bond motifs is 1. The van der Waals surface area contributed by atoms with E-state index in [1.54, 1.807) is 7.11 Å². The van der Waals surface area contributed by atoms with Gasteiger partial charge in [0.15, 0.2) is 5.60 Å². The highest BCUT2D eigenvalue weighted by molar-refractivity contribution is 5.92. The van der Waals surface area contributed by atoms with Crippen LogP contribution in [0.3, 0.4) is 0 Å². The summed E-state index contributed by atoms with van der Waals surface area (Å²) in [5.74, 6) is 0.971. The first-order chi connectivity index (χ1) is 13.6. The molecule has 4 nitrogen and oxygen atoms in total. The van der Waals surface area contributed by atoms with Gasteiger partial charge in [-0.2, -0.15) is 0 Å². The van der Waals surface area contributed by atoms with Crippen molar-refractivity contribution < 1.29 is 19.0 Å². The van der Waals surface area contributed by atoms with Crippen LogP contribution in [0.1, 0.15) is 31.4 Å². The summed E-state index contributed by atoms with van der Waals surface area (Å²) in [4.78, 5) is 12.7. The maximum Gasteiger partial charge on any atom is 0.337 e. The Morgan fingerprint density at radius 2 is 1.96 bits per heavy atom. The van der Waals surface area contributed by atoms with Crippen LogP contribution in [-0.2, 0) is 19.9 Å². The lowest BCUT2D eigenvalue weighted by atomic mass is 9.80.